The van der Waals surface area contributed by atoms with Crippen molar-refractivity contribution in [2.24, 2.45) is 5.41 Å². The van der Waals surface area contributed by atoms with E-state index in [2.05, 4.69) is 23.2 Å². The highest BCUT2D eigenvalue weighted by atomic mass is 15.2. The lowest BCUT2D eigenvalue weighted by molar-refractivity contribution is 0.159. The summed E-state index contributed by atoms with van der Waals surface area (Å²) in [5.41, 5.74) is -0.186. The molecule has 0 aromatic rings. The molecule has 18 heavy (non-hydrogen) atoms. The van der Waals surface area contributed by atoms with Gasteiger partial charge in [0, 0.05) is 6.04 Å². The first-order valence-electron chi connectivity index (χ1n) is 7.41. The summed E-state index contributed by atoms with van der Waals surface area (Å²) in [5.74, 6) is 0. The van der Waals surface area contributed by atoms with E-state index in [9.17, 15) is 0 Å². The van der Waals surface area contributed by atoms with Crippen LogP contribution in [-0.2, 0) is 0 Å². The molecule has 0 aromatic heterocycles. The van der Waals surface area contributed by atoms with Crippen LogP contribution in [0.25, 0.3) is 0 Å². The molecule has 3 nitrogen and oxygen atoms in total. The predicted molar refractivity (Wildman–Crippen MR) is 76.4 cm³/mol. The molecule has 1 N–H and O–H groups in total. The Bertz CT molecular complexity index is 267. The molecule has 1 aliphatic rings. The van der Waals surface area contributed by atoms with Crippen LogP contribution in [-0.4, -0.2) is 37.1 Å². The third-order valence-corrected chi connectivity index (χ3v) is 3.97. The van der Waals surface area contributed by atoms with E-state index in [1.54, 1.807) is 0 Å². The third kappa shape index (κ3) is 5.84. The van der Waals surface area contributed by atoms with Crippen molar-refractivity contribution in [3.05, 3.63) is 0 Å². The van der Waals surface area contributed by atoms with Crippen LogP contribution in [0.3, 0.4) is 0 Å². The summed E-state index contributed by atoms with van der Waals surface area (Å²) in [6.45, 7) is 10.9. The molecule has 1 atom stereocenters. The van der Waals surface area contributed by atoms with Gasteiger partial charge in [-0.2, -0.15) is 5.26 Å². The Labute approximate surface area is 113 Å². The molecular formula is C15H29N3. The fourth-order valence-electron chi connectivity index (χ4n) is 2.48. The van der Waals surface area contributed by atoms with E-state index in [0.717, 1.165) is 25.6 Å². The van der Waals surface area contributed by atoms with Gasteiger partial charge in [-0.05, 0) is 72.6 Å². The van der Waals surface area contributed by atoms with E-state index in [0.29, 0.717) is 0 Å². The first kappa shape index (κ1) is 15.5. The summed E-state index contributed by atoms with van der Waals surface area (Å²) in [7, 11) is 0. The van der Waals surface area contributed by atoms with Crippen LogP contribution in [0, 0.1) is 16.7 Å². The van der Waals surface area contributed by atoms with Gasteiger partial charge < -0.3 is 10.2 Å². The quantitative estimate of drug-likeness (QED) is 0.707. The largest absolute Gasteiger partial charge is 0.317 e. The second-order valence-corrected chi connectivity index (χ2v) is 6.23. The molecule has 1 unspecified atom stereocenters. The van der Waals surface area contributed by atoms with Crippen LogP contribution in [0.2, 0.25) is 0 Å². The second kappa shape index (κ2) is 7.76. The molecule has 0 amide bonds. The number of rotatable bonds is 7. The Balaban J connectivity index is 2.00. The SMILES string of the molecule is CC1CCCCN1CCCNCCC(C)(C)C#N. The summed E-state index contributed by atoms with van der Waals surface area (Å²) >= 11 is 0. The van der Waals surface area contributed by atoms with Crippen molar-refractivity contribution in [3.63, 3.8) is 0 Å². The smallest absolute Gasteiger partial charge is 0.0684 e. The number of nitrogens with zero attached hydrogens (tertiary/aromatic N) is 2. The zero-order valence-electron chi connectivity index (χ0n) is 12.3. The molecule has 3 heteroatoms. The summed E-state index contributed by atoms with van der Waals surface area (Å²) in [5, 5.41) is 12.4. The molecule has 0 spiro atoms. The van der Waals surface area contributed by atoms with Crippen molar-refractivity contribution in [2.45, 2.75) is 58.9 Å². The van der Waals surface area contributed by atoms with Crippen molar-refractivity contribution in [3.8, 4) is 6.07 Å². The third-order valence-electron chi connectivity index (χ3n) is 3.97. The minimum Gasteiger partial charge on any atom is -0.317 e. The minimum absolute atomic E-state index is 0.186. The topological polar surface area (TPSA) is 39.1 Å². The molecule has 0 aromatic carbocycles. The van der Waals surface area contributed by atoms with E-state index in [4.69, 9.17) is 5.26 Å². The van der Waals surface area contributed by atoms with Gasteiger partial charge in [-0.3, -0.25) is 0 Å². The van der Waals surface area contributed by atoms with E-state index in [1.165, 1.54) is 38.8 Å². The molecule has 0 radical (unpaired) electrons. The second-order valence-electron chi connectivity index (χ2n) is 6.23. The molecule has 1 fully saturated rings. The number of likely N-dealkylation sites (tertiary alicyclic amines) is 1. The molecule has 1 rings (SSSR count). The van der Waals surface area contributed by atoms with Crippen molar-refractivity contribution >= 4 is 0 Å². The molecule has 104 valence electrons. The molecular weight excluding hydrogens is 222 g/mol. The number of nitriles is 1. The highest BCUT2D eigenvalue weighted by Crippen LogP contribution is 2.17. The van der Waals surface area contributed by atoms with Crippen molar-refractivity contribution in [1.29, 1.82) is 5.26 Å². The van der Waals surface area contributed by atoms with E-state index < -0.39 is 0 Å². The molecule has 0 aliphatic carbocycles. The molecule has 0 bridgehead atoms. The van der Waals surface area contributed by atoms with Crippen LogP contribution < -0.4 is 5.32 Å². The predicted octanol–water partition coefficient (Wildman–Crippen LogP) is 2.78. The van der Waals surface area contributed by atoms with Crippen LogP contribution in [0.5, 0.6) is 0 Å². The minimum atomic E-state index is -0.186. The summed E-state index contributed by atoms with van der Waals surface area (Å²) in [6, 6.07) is 3.12. The Hall–Kier alpha value is -0.590. The van der Waals surface area contributed by atoms with E-state index in [1.807, 2.05) is 13.8 Å². The van der Waals surface area contributed by atoms with Crippen molar-refractivity contribution < 1.29 is 0 Å². The molecule has 0 saturated carbocycles. The van der Waals surface area contributed by atoms with Gasteiger partial charge in [0.2, 0.25) is 0 Å². The molecule has 1 aliphatic heterocycles. The number of nitrogens with one attached hydrogen (secondary N) is 1. The highest BCUT2D eigenvalue weighted by Gasteiger charge is 2.17. The van der Waals surface area contributed by atoms with Gasteiger partial charge in [0.05, 0.1) is 11.5 Å². The van der Waals surface area contributed by atoms with Crippen LogP contribution in [0.4, 0.5) is 0 Å². The fraction of sp³-hybridized carbons (Fsp3) is 0.933. The maximum absolute atomic E-state index is 8.91. The van der Waals surface area contributed by atoms with Crippen molar-refractivity contribution in [1.82, 2.24) is 10.2 Å². The summed E-state index contributed by atoms with van der Waals surface area (Å²) < 4.78 is 0. The molecule has 1 saturated heterocycles. The van der Waals surface area contributed by atoms with Crippen molar-refractivity contribution in [2.75, 3.05) is 26.2 Å². The monoisotopic (exact) mass is 251 g/mol. The lowest BCUT2D eigenvalue weighted by Crippen LogP contribution is -2.39. The first-order chi connectivity index (χ1) is 8.55. The van der Waals surface area contributed by atoms with E-state index in [-0.39, 0.29) is 5.41 Å². The Morgan fingerprint density at radius 3 is 2.78 bits per heavy atom. The van der Waals surface area contributed by atoms with Gasteiger partial charge in [0.1, 0.15) is 0 Å². The van der Waals surface area contributed by atoms with Gasteiger partial charge in [-0.1, -0.05) is 6.42 Å². The van der Waals surface area contributed by atoms with Crippen LogP contribution in [0.1, 0.15) is 52.9 Å². The number of hydrogen-bond acceptors (Lipinski definition) is 3. The summed E-state index contributed by atoms with van der Waals surface area (Å²) in [4.78, 5) is 2.62. The highest BCUT2D eigenvalue weighted by molar-refractivity contribution is 4.91. The maximum Gasteiger partial charge on any atom is 0.0684 e. The van der Waals surface area contributed by atoms with Gasteiger partial charge in [-0.15, -0.1) is 0 Å². The van der Waals surface area contributed by atoms with Gasteiger partial charge >= 0.3 is 0 Å². The van der Waals surface area contributed by atoms with E-state index >= 15 is 0 Å². The fourth-order valence-corrected chi connectivity index (χ4v) is 2.48. The van der Waals surface area contributed by atoms with Gasteiger partial charge in [-0.25, -0.2) is 0 Å². The zero-order chi connectivity index (χ0) is 13.4. The van der Waals surface area contributed by atoms with Gasteiger partial charge in [0.15, 0.2) is 0 Å². The Kier molecular flexibility index (Phi) is 6.67. The zero-order valence-corrected chi connectivity index (χ0v) is 12.3. The maximum atomic E-state index is 8.91. The Morgan fingerprint density at radius 1 is 1.33 bits per heavy atom. The van der Waals surface area contributed by atoms with Gasteiger partial charge in [0.25, 0.3) is 0 Å². The Morgan fingerprint density at radius 2 is 2.11 bits per heavy atom. The summed E-state index contributed by atoms with van der Waals surface area (Å²) in [6.07, 6.45) is 6.29. The lowest BCUT2D eigenvalue weighted by atomic mass is 9.91. The normalized spacial score (nSPS) is 21.8. The first-order valence-corrected chi connectivity index (χ1v) is 7.41. The van der Waals surface area contributed by atoms with Crippen LogP contribution >= 0.6 is 0 Å². The standard InChI is InChI=1S/C15H29N3/c1-14-7-4-5-11-18(14)12-6-9-17-10-8-15(2,3)13-16/h14,17H,4-12H2,1-3H3. The number of piperidine rings is 1. The molecule has 1 heterocycles. The average Bonchev–Trinajstić information content (AvgIpc) is 2.35. The lowest BCUT2D eigenvalue weighted by Gasteiger charge is -2.33. The number of hydrogen-bond donors (Lipinski definition) is 1. The average molecular weight is 251 g/mol. The van der Waals surface area contributed by atoms with Crippen LogP contribution in [0.15, 0.2) is 0 Å².